The molecular formula is C19H18F3IN2O. The molecule has 1 heterocycles. The van der Waals surface area contributed by atoms with Gasteiger partial charge in [0.1, 0.15) is 0 Å². The number of amides is 1. The quantitative estimate of drug-likeness (QED) is 0.599. The summed E-state index contributed by atoms with van der Waals surface area (Å²) in [6, 6.07) is 8.76. The molecule has 0 spiro atoms. The molecule has 3 rings (SSSR count). The summed E-state index contributed by atoms with van der Waals surface area (Å²) in [4.78, 5) is 14.6. The number of hydrogen-bond donors (Lipinski definition) is 1. The van der Waals surface area contributed by atoms with Gasteiger partial charge in [0.2, 0.25) is 0 Å². The molecule has 1 aliphatic heterocycles. The van der Waals surface area contributed by atoms with Gasteiger partial charge in [-0.1, -0.05) is 6.07 Å². The van der Waals surface area contributed by atoms with Crippen LogP contribution in [0.25, 0.3) is 0 Å². The summed E-state index contributed by atoms with van der Waals surface area (Å²) >= 11 is 2.13. The van der Waals surface area contributed by atoms with Gasteiger partial charge in [0.15, 0.2) is 0 Å². The zero-order valence-electron chi connectivity index (χ0n) is 14.2. The van der Waals surface area contributed by atoms with Gasteiger partial charge in [-0.05, 0) is 78.3 Å². The fraction of sp³-hybridized carbons (Fsp3) is 0.316. The molecule has 0 unspecified atom stereocenters. The number of alkyl halides is 3. The van der Waals surface area contributed by atoms with Crippen LogP contribution < -0.4 is 10.2 Å². The van der Waals surface area contributed by atoms with Crippen molar-refractivity contribution in [2.45, 2.75) is 25.9 Å². The Morgan fingerprint density at radius 3 is 2.42 bits per heavy atom. The van der Waals surface area contributed by atoms with E-state index in [0.29, 0.717) is 11.3 Å². The van der Waals surface area contributed by atoms with Crippen molar-refractivity contribution in [2.24, 2.45) is 0 Å². The number of hydrogen-bond acceptors (Lipinski definition) is 2. The Kier molecular flexibility index (Phi) is 5.45. The number of nitrogens with one attached hydrogen (secondary N) is 1. The van der Waals surface area contributed by atoms with Crippen molar-refractivity contribution in [1.29, 1.82) is 0 Å². The van der Waals surface area contributed by atoms with E-state index in [2.05, 4.69) is 27.9 Å². The molecule has 2 aromatic carbocycles. The van der Waals surface area contributed by atoms with Gasteiger partial charge in [0.25, 0.3) is 5.91 Å². The van der Waals surface area contributed by atoms with Crippen molar-refractivity contribution in [3.63, 3.8) is 0 Å². The normalized spacial score (nSPS) is 14.6. The maximum atomic E-state index is 13.1. The highest BCUT2D eigenvalue weighted by Gasteiger charge is 2.32. The first-order valence-corrected chi connectivity index (χ1v) is 9.37. The standard InChI is InChI=1S/C19H18F3IN2O/c1-12-4-5-13(10-15(12)23)18(26)24-16-11-14(19(20,21)22)6-7-17(16)25-8-2-3-9-25/h4-7,10-11H,2-3,8-9H2,1H3,(H,24,26). The maximum Gasteiger partial charge on any atom is 0.416 e. The van der Waals surface area contributed by atoms with Crippen LogP contribution in [0.4, 0.5) is 24.5 Å². The fourth-order valence-corrected chi connectivity index (χ4v) is 3.49. The van der Waals surface area contributed by atoms with E-state index in [0.717, 1.165) is 47.2 Å². The first-order valence-electron chi connectivity index (χ1n) is 8.29. The van der Waals surface area contributed by atoms with Gasteiger partial charge < -0.3 is 10.2 Å². The number of rotatable bonds is 3. The fourth-order valence-electron chi connectivity index (χ4n) is 2.97. The predicted molar refractivity (Wildman–Crippen MR) is 105 cm³/mol. The summed E-state index contributed by atoms with van der Waals surface area (Å²) in [5.74, 6) is -0.414. The third kappa shape index (κ3) is 4.13. The lowest BCUT2D eigenvalue weighted by Crippen LogP contribution is -2.22. The maximum absolute atomic E-state index is 13.1. The molecule has 2 aromatic rings. The molecule has 0 radical (unpaired) electrons. The zero-order chi connectivity index (χ0) is 18.9. The molecule has 0 aliphatic carbocycles. The third-order valence-corrected chi connectivity index (χ3v) is 5.62. The number of carbonyl (C=O) groups excluding carboxylic acids is 1. The molecule has 7 heteroatoms. The Morgan fingerprint density at radius 1 is 1.12 bits per heavy atom. The molecule has 1 N–H and O–H groups in total. The second-order valence-corrected chi connectivity index (χ2v) is 7.50. The van der Waals surface area contributed by atoms with Gasteiger partial charge in [-0.15, -0.1) is 0 Å². The molecule has 1 fully saturated rings. The van der Waals surface area contributed by atoms with Gasteiger partial charge in [0.05, 0.1) is 16.9 Å². The largest absolute Gasteiger partial charge is 0.416 e. The molecule has 0 saturated carbocycles. The van der Waals surface area contributed by atoms with Gasteiger partial charge in [-0.25, -0.2) is 0 Å². The van der Waals surface area contributed by atoms with Crippen molar-refractivity contribution in [3.8, 4) is 0 Å². The van der Waals surface area contributed by atoms with Crippen LogP contribution in [0.3, 0.4) is 0 Å². The van der Waals surface area contributed by atoms with E-state index < -0.39 is 17.6 Å². The highest BCUT2D eigenvalue weighted by molar-refractivity contribution is 14.1. The summed E-state index contributed by atoms with van der Waals surface area (Å²) in [6.45, 7) is 3.48. The first-order chi connectivity index (χ1) is 12.3. The Labute approximate surface area is 163 Å². The Morgan fingerprint density at radius 2 is 1.81 bits per heavy atom. The van der Waals surface area contributed by atoms with E-state index >= 15 is 0 Å². The summed E-state index contributed by atoms with van der Waals surface area (Å²) < 4.78 is 40.3. The zero-order valence-corrected chi connectivity index (χ0v) is 16.3. The minimum absolute atomic E-state index is 0.197. The second kappa shape index (κ2) is 7.46. The van der Waals surface area contributed by atoms with Crippen molar-refractivity contribution < 1.29 is 18.0 Å². The van der Waals surface area contributed by atoms with Crippen LogP contribution >= 0.6 is 22.6 Å². The summed E-state index contributed by atoms with van der Waals surface area (Å²) in [5, 5.41) is 2.68. The Balaban J connectivity index is 1.95. The van der Waals surface area contributed by atoms with Crippen molar-refractivity contribution >= 4 is 39.9 Å². The van der Waals surface area contributed by atoms with Crippen molar-refractivity contribution in [1.82, 2.24) is 0 Å². The van der Waals surface area contributed by atoms with Crippen LogP contribution in [0.2, 0.25) is 0 Å². The summed E-state index contributed by atoms with van der Waals surface area (Å²) in [6.07, 6.45) is -2.47. The molecule has 1 aliphatic rings. The predicted octanol–water partition coefficient (Wildman–Crippen LogP) is 5.47. The van der Waals surface area contributed by atoms with Gasteiger partial charge in [-0.2, -0.15) is 13.2 Å². The van der Waals surface area contributed by atoms with E-state index in [-0.39, 0.29) is 5.69 Å². The highest BCUT2D eigenvalue weighted by atomic mass is 127. The van der Waals surface area contributed by atoms with Crippen molar-refractivity contribution in [3.05, 3.63) is 56.7 Å². The van der Waals surface area contributed by atoms with Crippen LogP contribution in [0.15, 0.2) is 36.4 Å². The SMILES string of the molecule is Cc1ccc(C(=O)Nc2cc(C(F)(F)F)ccc2N2CCCC2)cc1I. The van der Waals surface area contributed by atoms with Crippen LogP contribution in [-0.2, 0) is 6.18 Å². The average Bonchev–Trinajstić information content (AvgIpc) is 3.10. The summed E-state index contributed by atoms with van der Waals surface area (Å²) in [7, 11) is 0. The molecular weight excluding hydrogens is 456 g/mol. The number of benzene rings is 2. The van der Waals surface area contributed by atoms with Crippen molar-refractivity contribution in [2.75, 3.05) is 23.3 Å². The molecule has 0 atom stereocenters. The lowest BCUT2D eigenvalue weighted by atomic mass is 10.1. The second-order valence-electron chi connectivity index (χ2n) is 6.34. The van der Waals surface area contributed by atoms with Gasteiger partial charge in [-0.3, -0.25) is 4.79 Å². The number of carbonyl (C=O) groups is 1. The van der Waals surface area contributed by atoms with E-state index in [1.165, 1.54) is 6.07 Å². The monoisotopic (exact) mass is 474 g/mol. The minimum Gasteiger partial charge on any atom is -0.370 e. The number of aryl methyl sites for hydroxylation is 1. The lowest BCUT2D eigenvalue weighted by Gasteiger charge is -2.23. The Bertz CT molecular complexity index is 830. The molecule has 138 valence electrons. The van der Waals surface area contributed by atoms with Crippen LogP contribution in [0, 0.1) is 10.5 Å². The van der Waals surface area contributed by atoms with Gasteiger partial charge >= 0.3 is 6.18 Å². The van der Waals surface area contributed by atoms with Crippen LogP contribution in [0.5, 0.6) is 0 Å². The number of nitrogens with zero attached hydrogens (tertiary/aromatic N) is 1. The molecule has 1 saturated heterocycles. The molecule has 1 amide bonds. The van der Waals surface area contributed by atoms with Gasteiger partial charge in [0, 0.05) is 22.2 Å². The minimum atomic E-state index is -4.46. The van der Waals surface area contributed by atoms with E-state index in [9.17, 15) is 18.0 Å². The highest BCUT2D eigenvalue weighted by Crippen LogP contribution is 2.36. The first kappa shape index (κ1) is 19.0. The molecule has 0 aromatic heterocycles. The topological polar surface area (TPSA) is 32.3 Å². The molecule has 26 heavy (non-hydrogen) atoms. The Hall–Kier alpha value is -1.77. The van der Waals surface area contributed by atoms with E-state index in [1.807, 2.05) is 17.9 Å². The molecule has 0 bridgehead atoms. The summed E-state index contributed by atoms with van der Waals surface area (Å²) in [5.41, 5.74) is 1.52. The lowest BCUT2D eigenvalue weighted by molar-refractivity contribution is -0.137. The van der Waals surface area contributed by atoms with Crippen LogP contribution in [0.1, 0.15) is 34.3 Å². The van der Waals surface area contributed by atoms with Crippen LogP contribution in [-0.4, -0.2) is 19.0 Å². The smallest absolute Gasteiger partial charge is 0.370 e. The van der Waals surface area contributed by atoms with E-state index in [1.54, 1.807) is 12.1 Å². The molecule has 3 nitrogen and oxygen atoms in total. The third-order valence-electron chi connectivity index (χ3n) is 4.45. The number of halogens is 4. The van der Waals surface area contributed by atoms with E-state index in [4.69, 9.17) is 0 Å². The number of anilines is 2. The average molecular weight is 474 g/mol.